The summed E-state index contributed by atoms with van der Waals surface area (Å²) in [6.45, 7) is 10.1. The highest BCUT2D eigenvalue weighted by atomic mass is 32.1. The van der Waals surface area contributed by atoms with Crippen LogP contribution in [0.1, 0.15) is 19.4 Å². The van der Waals surface area contributed by atoms with Crippen molar-refractivity contribution in [2.24, 2.45) is 5.92 Å². The monoisotopic (exact) mass is 406 g/mol. The number of nitrogens with zero attached hydrogens (tertiary/aromatic N) is 4. The molecule has 1 aliphatic rings. The molecule has 0 spiro atoms. The molecule has 28 heavy (non-hydrogen) atoms. The number of hydrogen-bond donors (Lipinski definition) is 1. The largest absolute Gasteiger partial charge is 0.497 e. The van der Waals surface area contributed by atoms with Crippen molar-refractivity contribution < 1.29 is 14.4 Å². The third-order valence-corrected chi connectivity index (χ3v) is 5.26. The molecule has 7 nitrogen and oxygen atoms in total. The molecule has 1 aliphatic heterocycles. The Hall–Kier alpha value is -1.90. The molecule has 0 bridgehead atoms. The minimum absolute atomic E-state index is 0.508. The fraction of sp³-hybridized carbons (Fsp3) is 0.600. The topological polar surface area (TPSA) is 48.9 Å². The second kappa shape index (κ2) is 9.54. The Labute approximate surface area is 172 Å². The summed E-state index contributed by atoms with van der Waals surface area (Å²) in [5, 5.41) is 4.90. The van der Waals surface area contributed by atoms with Gasteiger partial charge in [0.25, 0.3) is 0 Å². The molecule has 1 atom stereocenters. The highest BCUT2D eigenvalue weighted by Gasteiger charge is 2.21. The first-order valence-electron chi connectivity index (χ1n) is 9.92. The van der Waals surface area contributed by atoms with E-state index >= 15 is 0 Å². The maximum atomic E-state index is 5.79. The second-order valence-electron chi connectivity index (χ2n) is 7.83. The van der Waals surface area contributed by atoms with Crippen molar-refractivity contribution in [3.8, 4) is 5.75 Å². The molecule has 0 amide bonds. The molecule has 1 N–H and O–H groups in total. The summed E-state index contributed by atoms with van der Waals surface area (Å²) >= 11 is 5.79. The summed E-state index contributed by atoms with van der Waals surface area (Å²) in [5.74, 6) is 2.36. The van der Waals surface area contributed by atoms with Crippen LogP contribution in [-0.4, -0.2) is 54.8 Å². The van der Waals surface area contributed by atoms with Crippen LogP contribution in [0.25, 0.3) is 0 Å². The van der Waals surface area contributed by atoms with Crippen molar-refractivity contribution in [2.75, 3.05) is 45.4 Å². The maximum Gasteiger partial charge on any atom is 0.226 e. The van der Waals surface area contributed by atoms with Crippen LogP contribution in [0, 0.1) is 10.7 Å². The molecule has 0 saturated carbocycles. The number of morpholine rings is 1. The lowest BCUT2D eigenvalue weighted by Crippen LogP contribution is -3.07. The average Bonchev–Trinajstić information content (AvgIpc) is 2.98. The van der Waals surface area contributed by atoms with Crippen LogP contribution in [0.15, 0.2) is 24.3 Å². The van der Waals surface area contributed by atoms with Gasteiger partial charge in [0.05, 0.1) is 27.4 Å². The van der Waals surface area contributed by atoms with Gasteiger partial charge in [0, 0.05) is 25.2 Å². The number of benzene rings is 1. The molecule has 1 aromatic carbocycles. The van der Waals surface area contributed by atoms with E-state index in [4.69, 9.17) is 26.8 Å². The lowest BCUT2D eigenvalue weighted by Gasteiger charge is -2.28. The normalized spacial score (nSPS) is 15.8. The van der Waals surface area contributed by atoms with Gasteiger partial charge in [-0.05, 0) is 42.4 Å². The van der Waals surface area contributed by atoms with E-state index in [0.717, 1.165) is 62.5 Å². The Bertz CT molecular complexity index is 809. The summed E-state index contributed by atoms with van der Waals surface area (Å²) < 4.78 is 15.7. The Morgan fingerprint density at radius 1 is 1.21 bits per heavy atom. The van der Waals surface area contributed by atoms with Crippen molar-refractivity contribution in [1.29, 1.82) is 0 Å². The highest BCUT2D eigenvalue weighted by Crippen LogP contribution is 2.17. The van der Waals surface area contributed by atoms with Crippen molar-refractivity contribution in [2.45, 2.75) is 33.6 Å². The zero-order chi connectivity index (χ0) is 20.1. The van der Waals surface area contributed by atoms with E-state index in [1.165, 1.54) is 10.5 Å². The van der Waals surface area contributed by atoms with E-state index in [0.29, 0.717) is 5.92 Å². The molecule has 0 radical (unpaired) electrons. The van der Waals surface area contributed by atoms with Crippen molar-refractivity contribution in [3.63, 3.8) is 0 Å². The minimum Gasteiger partial charge on any atom is -0.497 e. The van der Waals surface area contributed by atoms with E-state index in [9.17, 15) is 0 Å². The van der Waals surface area contributed by atoms with E-state index in [1.807, 2.05) is 16.8 Å². The van der Waals surface area contributed by atoms with Crippen LogP contribution in [0.2, 0.25) is 0 Å². The van der Waals surface area contributed by atoms with Crippen molar-refractivity contribution in [1.82, 2.24) is 14.3 Å². The van der Waals surface area contributed by atoms with Gasteiger partial charge in [-0.1, -0.05) is 13.8 Å². The first-order valence-corrected chi connectivity index (χ1v) is 10.3. The predicted octanol–water partition coefficient (Wildman–Crippen LogP) is 1.59. The van der Waals surface area contributed by atoms with Gasteiger partial charge in [-0.2, -0.15) is 4.68 Å². The zero-order valence-electron chi connectivity index (χ0n) is 17.4. The molecule has 1 aromatic heterocycles. The van der Waals surface area contributed by atoms with Gasteiger partial charge >= 0.3 is 0 Å². The quantitative estimate of drug-likeness (QED) is 0.675. The Morgan fingerprint density at radius 2 is 1.89 bits per heavy atom. The van der Waals surface area contributed by atoms with E-state index < -0.39 is 0 Å². The summed E-state index contributed by atoms with van der Waals surface area (Å²) in [6, 6.07) is 8.22. The zero-order valence-corrected chi connectivity index (χ0v) is 18.2. The Kier molecular flexibility index (Phi) is 7.09. The van der Waals surface area contributed by atoms with Crippen LogP contribution in [0.4, 0.5) is 5.95 Å². The van der Waals surface area contributed by atoms with Crippen LogP contribution in [-0.2, 0) is 24.5 Å². The molecular weight excluding hydrogens is 374 g/mol. The van der Waals surface area contributed by atoms with Gasteiger partial charge in [-0.3, -0.25) is 4.57 Å². The van der Waals surface area contributed by atoms with E-state index in [-0.39, 0.29) is 0 Å². The van der Waals surface area contributed by atoms with Crippen LogP contribution in [0.3, 0.4) is 0 Å². The number of aromatic nitrogens is 3. The van der Waals surface area contributed by atoms with Gasteiger partial charge in [0.1, 0.15) is 12.3 Å². The van der Waals surface area contributed by atoms with Gasteiger partial charge in [0.2, 0.25) is 10.7 Å². The van der Waals surface area contributed by atoms with Gasteiger partial charge in [0.15, 0.2) is 6.67 Å². The SMILES string of the molecule is COc1ccc(C[NH+](C)Cn2nc(N3CCOCC3)n(CC(C)C)c2=S)cc1. The minimum atomic E-state index is 0.508. The summed E-state index contributed by atoms with van der Waals surface area (Å²) in [4.78, 5) is 3.61. The molecule has 1 fully saturated rings. The first-order chi connectivity index (χ1) is 13.5. The number of nitrogens with one attached hydrogen (secondary N) is 1. The molecule has 0 aliphatic carbocycles. The molecule has 3 rings (SSSR count). The number of methoxy groups -OCH3 is 1. The molecule has 2 aromatic rings. The van der Waals surface area contributed by atoms with Gasteiger partial charge in [-0.25, -0.2) is 0 Å². The number of hydrogen-bond acceptors (Lipinski definition) is 5. The molecule has 1 unspecified atom stereocenters. The lowest BCUT2D eigenvalue weighted by molar-refractivity contribution is -0.917. The first kappa shape index (κ1) is 20.8. The van der Waals surface area contributed by atoms with Gasteiger partial charge < -0.3 is 19.3 Å². The summed E-state index contributed by atoms with van der Waals surface area (Å²) in [5.41, 5.74) is 1.26. The summed E-state index contributed by atoms with van der Waals surface area (Å²) in [6.07, 6.45) is 0. The smallest absolute Gasteiger partial charge is 0.226 e. The maximum absolute atomic E-state index is 5.79. The van der Waals surface area contributed by atoms with Crippen LogP contribution >= 0.6 is 12.2 Å². The average molecular weight is 407 g/mol. The Balaban J connectivity index is 1.76. The number of ether oxygens (including phenoxy) is 2. The molecule has 8 heteroatoms. The third kappa shape index (κ3) is 5.12. The van der Waals surface area contributed by atoms with Crippen LogP contribution in [0.5, 0.6) is 5.75 Å². The lowest BCUT2D eigenvalue weighted by atomic mass is 10.2. The Morgan fingerprint density at radius 3 is 2.50 bits per heavy atom. The fourth-order valence-electron chi connectivity index (χ4n) is 3.46. The second-order valence-corrected chi connectivity index (χ2v) is 8.19. The van der Waals surface area contributed by atoms with E-state index in [2.05, 4.69) is 42.5 Å². The number of rotatable bonds is 8. The molecule has 1 saturated heterocycles. The molecular formula is C20H32N5O2S+. The molecule has 154 valence electrons. The van der Waals surface area contributed by atoms with E-state index in [1.54, 1.807) is 7.11 Å². The predicted molar refractivity (Wildman–Crippen MR) is 113 cm³/mol. The van der Waals surface area contributed by atoms with Crippen LogP contribution < -0.4 is 14.5 Å². The fourth-order valence-corrected chi connectivity index (χ4v) is 3.72. The third-order valence-electron chi connectivity index (χ3n) is 4.83. The van der Waals surface area contributed by atoms with Crippen molar-refractivity contribution >= 4 is 18.2 Å². The molecule has 2 heterocycles. The highest BCUT2D eigenvalue weighted by molar-refractivity contribution is 7.71. The number of anilines is 1. The van der Waals surface area contributed by atoms with Gasteiger partial charge in [-0.15, -0.1) is 5.10 Å². The summed E-state index contributed by atoms with van der Waals surface area (Å²) in [7, 11) is 3.86. The standard InChI is InChI=1S/C20H31N5O2S/c1-16(2)13-24-19(23-9-11-27-12-10-23)21-25(20(24)28)15-22(3)14-17-5-7-18(26-4)8-6-17/h5-8,16H,9-15H2,1-4H3/p+1. The number of quaternary nitrogens is 1. The van der Waals surface area contributed by atoms with Crippen molar-refractivity contribution in [3.05, 3.63) is 34.6 Å².